The van der Waals surface area contributed by atoms with Gasteiger partial charge in [-0.3, -0.25) is 4.84 Å². The minimum atomic E-state index is -0.513. The van der Waals surface area contributed by atoms with E-state index in [-0.39, 0.29) is 5.75 Å². The number of hydrogen-bond donors (Lipinski definition) is 2. The number of phenols is 1. The SMILES string of the molecule is CC.CC(ON)c1ccc(OCc2ccc(O)cc2)cc1F. The lowest BCUT2D eigenvalue weighted by atomic mass is 10.1. The molecule has 1 atom stereocenters. The van der Waals surface area contributed by atoms with Crippen molar-refractivity contribution in [1.29, 1.82) is 0 Å². The van der Waals surface area contributed by atoms with E-state index < -0.39 is 11.9 Å². The first-order chi connectivity index (χ1) is 10.6. The van der Waals surface area contributed by atoms with E-state index in [1.54, 1.807) is 43.3 Å². The first-order valence-corrected chi connectivity index (χ1v) is 7.16. The molecular formula is C17H22FNO3. The molecule has 0 spiro atoms. The molecule has 2 aromatic carbocycles. The van der Waals surface area contributed by atoms with E-state index >= 15 is 0 Å². The summed E-state index contributed by atoms with van der Waals surface area (Å²) in [5, 5.41) is 9.17. The summed E-state index contributed by atoms with van der Waals surface area (Å²) in [6.07, 6.45) is -0.513. The van der Waals surface area contributed by atoms with Crippen LogP contribution in [0, 0.1) is 5.82 Å². The van der Waals surface area contributed by atoms with Gasteiger partial charge in [-0.15, -0.1) is 0 Å². The normalized spacial score (nSPS) is 11.3. The van der Waals surface area contributed by atoms with E-state index in [2.05, 4.69) is 4.84 Å². The van der Waals surface area contributed by atoms with Gasteiger partial charge in [0.25, 0.3) is 0 Å². The second kappa shape index (κ2) is 9.02. The highest BCUT2D eigenvalue weighted by molar-refractivity contribution is 5.31. The van der Waals surface area contributed by atoms with Gasteiger partial charge in [-0.2, -0.15) is 0 Å². The molecule has 0 saturated heterocycles. The Morgan fingerprint density at radius 2 is 1.77 bits per heavy atom. The fourth-order valence-corrected chi connectivity index (χ4v) is 1.76. The molecule has 0 radical (unpaired) electrons. The van der Waals surface area contributed by atoms with Crippen LogP contribution in [-0.2, 0) is 11.4 Å². The van der Waals surface area contributed by atoms with Gasteiger partial charge in [-0.1, -0.05) is 26.0 Å². The van der Waals surface area contributed by atoms with Gasteiger partial charge in [-0.05, 0) is 36.8 Å². The molecule has 0 aliphatic rings. The van der Waals surface area contributed by atoms with Gasteiger partial charge in [0.05, 0.1) is 0 Å². The standard InChI is InChI=1S/C15H16FNO3.C2H6/c1-10(20-17)14-7-6-13(8-15(14)16)19-9-11-2-4-12(18)5-3-11;1-2/h2-8,10,18H,9,17H2,1H3;1-2H3. The van der Waals surface area contributed by atoms with E-state index in [9.17, 15) is 9.50 Å². The lowest BCUT2D eigenvalue weighted by Crippen LogP contribution is -2.07. The molecule has 0 saturated carbocycles. The van der Waals surface area contributed by atoms with Crippen molar-refractivity contribution < 1.29 is 19.1 Å². The summed E-state index contributed by atoms with van der Waals surface area (Å²) in [7, 11) is 0. The van der Waals surface area contributed by atoms with Gasteiger partial charge in [0, 0.05) is 11.6 Å². The maximum absolute atomic E-state index is 13.8. The second-order valence-electron chi connectivity index (χ2n) is 4.42. The topological polar surface area (TPSA) is 64.7 Å². The monoisotopic (exact) mass is 307 g/mol. The van der Waals surface area contributed by atoms with Crippen molar-refractivity contribution in [3.05, 3.63) is 59.4 Å². The quantitative estimate of drug-likeness (QED) is 0.817. The summed E-state index contributed by atoms with van der Waals surface area (Å²) in [5.74, 6) is 5.23. The van der Waals surface area contributed by atoms with Crippen LogP contribution in [0.5, 0.6) is 11.5 Å². The third-order valence-electron chi connectivity index (χ3n) is 2.96. The van der Waals surface area contributed by atoms with Gasteiger partial charge >= 0.3 is 0 Å². The Kier molecular flexibility index (Phi) is 7.36. The molecule has 0 heterocycles. The molecule has 5 heteroatoms. The van der Waals surface area contributed by atoms with E-state index in [0.29, 0.717) is 17.9 Å². The Balaban J connectivity index is 0.00000116. The fourth-order valence-electron chi connectivity index (χ4n) is 1.76. The van der Waals surface area contributed by atoms with Crippen LogP contribution in [0.2, 0.25) is 0 Å². The molecule has 2 rings (SSSR count). The molecule has 0 amide bonds. The van der Waals surface area contributed by atoms with E-state index in [1.165, 1.54) is 6.07 Å². The fraction of sp³-hybridized carbons (Fsp3) is 0.294. The van der Waals surface area contributed by atoms with E-state index in [4.69, 9.17) is 10.6 Å². The average Bonchev–Trinajstić information content (AvgIpc) is 2.55. The second-order valence-corrected chi connectivity index (χ2v) is 4.42. The van der Waals surface area contributed by atoms with Gasteiger partial charge in [0.2, 0.25) is 0 Å². The summed E-state index contributed by atoms with van der Waals surface area (Å²) < 4.78 is 19.3. The highest BCUT2D eigenvalue weighted by Gasteiger charge is 2.11. The average molecular weight is 307 g/mol. The molecular weight excluding hydrogens is 285 g/mol. The summed E-state index contributed by atoms with van der Waals surface area (Å²) in [6, 6.07) is 11.2. The van der Waals surface area contributed by atoms with Crippen LogP contribution >= 0.6 is 0 Å². The van der Waals surface area contributed by atoms with Gasteiger partial charge in [0.1, 0.15) is 30.0 Å². The van der Waals surface area contributed by atoms with Crippen molar-refractivity contribution in [2.24, 2.45) is 5.90 Å². The predicted molar refractivity (Wildman–Crippen MR) is 83.9 cm³/mol. The van der Waals surface area contributed by atoms with E-state index in [0.717, 1.165) is 5.56 Å². The number of phenolic OH excluding ortho intramolecular Hbond substituents is 1. The highest BCUT2D eigenvalue weighted by atomic mass is 19.1. The number of hydrogen-bond acceptors (Lipinski definition) is 4. The summed E-state index contributed by atoms with van der Waals surface area (Å²) in [4.78, 5) is 4.59. The van der Waals surface area contributed by atoms with Gasteiger partial charge in [0.15, 0.2) is 0 Å². The maximum Gasteiger partial charge on any atom is 0.132 e. The van der Waals surface area contributed by atoms with Crippen LogP contribution in [0.1, 0.15) is 38.0 Å². The molecule has 0 aliphatic carbocycles. The summed E-state index contributed by atoms with van der Waals surface area (Å²) in [5.41, 5.74) is 1.26. The van der Waals surface area contributed by atoms with Crippen molar-refractivity contribution in [2.45, 2.75) is 33.5 Å². The minimum Gasteiger partial charge on any atom is -0.508 e. The molecule has 0 fully saturated rings. The van der Waals surface area contributed by atoms with Crippen molar-refractivity contribution in [3.63, 3.8) is 0 Å². The highest BCUT2D eigenvalue weighted by Crippen LogP contribution is 2.24. The Hall–Kier alpha value is -2.11. The zero-order valence-corrected chi connectivity index (χ0v) is 13.0. The Bertz CT molecular complexity index is 573. The molecule has 2 aromatic rings. The molecule has 22 heavy (non-hydrogen) atoms. The van der Waals surface area contributed by atoms with Crippen LogP contribution in [-0.4, -0.2) is 5.11 Å². The number of rotatable bonds is 5. The van der Waals surface area contributed by atoms with Gasteiger partial charge < -0.3 is 9.84 Å². The lowest BCUT2D eigenvalue weighted by molar-refractivity contribution is 0.0638. The summed E-state index contributed by atoms with van der Waals surface area (Å²) in [6.45, 7) is 5.96. The van der Waals surface area contributed by atoms with Crippen molar-refractivity contribution in [3.8, 4) is 11.5 Å². The number of benzene rings is 2. The van der Waals surface area contributed by atoms with Crippen LogP contribution in [0.15, 0.2) is 42.5 Å². The maximum atomic E-state index is 13.8. The first-order valence-electron chi connectivity index (χ1n) is 7.16. The molecule has 0 aliphatic heterocycles. The zero-order chi connectivity index (χ0) is 16.5. The third-order valence-corrected chi connectivity index (χ3v) is 2.96. The molecule has 1 unspecified atom stereocenters. The Morgan fingerprint density at radius 3 is 2.32 bits per heavy atom. The summed E-state index contributed by atoms with van der Waals surface area (Å²) >= 11 is 0. The number of nitrogens with two attached hydrogens (primary N) is 1. The van der Waals surface area contributed by atoms with Crippen LogP contribution < -0.4 is 10.6 Å². The van der Waals surface area contributed by atoms with Gasteiger partial charge in [-0.25, -0.2) is 10.3 Å². The van der Waals surface area contributed by atoms with Crippen molar-refractivity contribution in [2.75, 3.05) is 0 Å². The largest absolute Gasteiger partial charge is 0.508 e. The van der Waals surface area contributed by atoms with Crippen LogP contribution in [0.3, 0.4) is 0 Å². The van der Waals surface area contributed by atoms with Crippen molar-refractivity contribution >= 4 is 0 Å². The lowest BCUT2D eigenvalue weighted by Gasteiger charge is -2.12. The number of aromatic hydroxyl groups is 1. The zero-order valence-electron chi connectivity index (χ0n) is 13.0. The minimum absolute atomic E-state index is 0.194. The molecule has 120 valence electrons. The number of ether oxygens (including phenoxy) is 1. The smallest absolute Gasteiger partial charge is 0.132 e. The third kappa shape index (κ3) is 5.02. The molecule has 0 aromatic heterocycles. The first kappa shape index (κ1) is 17.9. The number of halogens is 1. The van der Waals surface area contributed by atoms with E-state index in [1.807, 2.05) is 13.8 Å². The van der Waals surface area contributed by atoms with Crippen molar-refractivity contribution in [1.82, 2.24) is 0 Å². The Morgan fingerprint density at radius 1 is 1.14 bits per heavy atom. The van der Waals surface area contributed by atoms with Crippen LogP contribution in [0.25, 0.3) is 0 Å². The molecule has 0 bridgehead atoms. The predicted octanol–water partition coefficient (Wildman–Crippen LogP) is 4.09. The Labute approximate surface area is 130 Å². The molecule has 3 N–H and O–H groups in total. The van der Waals surface area contributed by atoms with Crippen LogP contribution in [0.4, 0.5) is 4.39 Å². The molecule has 4 nitrogen and oxygen atoms in total.